The Labute approximate surface area is 172 Å². The summed E-state index contributed by atoms with van der Waals surface area (Å²) in [6.45, 7) is 0. The van der Waals surface area contributed by atoms with Crippen LogP contribution in [0, 0.1) is 17.2 Å². The molecule has 9 heteroatoms. The van der Waals surface area contributed by atoms with E-state index in [-0.39, 0.29) is 28.9 Å². The molecule has 1 aromatic carbocycles. The van der Waals surface area contributed by atoms with Crippen LogP contribution in [-0.2, 0) is 0 Å². The molecule has 9 nitrogen and oxygen atoms in total. The van der Waals surface area contributed by atoms with Crippen LogP contribution in [0.2, 0.25) is 0 Å². The fourth-order valence-electron chi connectivity index (χ4n) is 3.69. The van der Waals surface area contributed by atoms with Gasteiger partial charge in [-0.05, 0) is 43.2 Å². The van der Waals surface area contributed by atoms with Crippen LogP contribution in [0.15, 0.2) is 57.2 Å². The first-order chi connectivity index (χ1) is 14.7. The van der Waals surface area contributed by atoms with Gasteiger partial charge in [0.1, 0.15) is 11.4 Å². The van der Waals surface area contributed by atoms with Crippen molar-refractivity contribution in [1.29, 1.82) is 5.26 Å². The van der Waals surface area contributed by atoms with Gasteiger partial charge in [0, 0.05) is 17.8 Å². The van der Waals surface area contributed by atoms with Crippen molar-refractivity contribution in [2.75, 3.05) is 5.32 Å². The number of hydrogen-bond acceptors (Lipinski definition) is 7. The average Bonchev–Trinajstić information content (AvgIpc) is 3.29. The number of aromatic nitrogens is 3. The van der Waals surface area contributed by atoms with Crippen LogP contribution < -0.4 is 16.6 Å². The molecular weight excluding hydrogens is 382 g/mol. The lowest BCUT2D eigenvalue weighted by Crippen LogP contribution is -2.34. The van der Waals surface area contributed by atoms with Crippen molar-refractivity contribution in [1.82, 2.24) is 15.1 Å². The van der Waals surface area contributed by atoms with Crippen LogP contribution >= 0.6 is 0 Å². The van der Waals surface area contributed by atoms with E-state index in [1.165, 1.54) is 6.39 Å². The number of nitrogens with one attached hydrogen (secondary N) is 2. The summed E-state index contributed by atoms with van der Waals surface area (Å²) in [4.78, 5) is 23.6. The average molecular weight is 403 g/mol. The number of nitrogens with two attached hydrogens (primary N) is 1. The molecule has 4 N–H and O–H groups in total. The summed E-state index contributed by atoms with van der Waals surface area (Å²) >= 11 is 0. The first-order valence-electron chi connectivity index (χ1n) is 9.75. The maximum absolute atomic E-state index is 12.5. The van der Waals surface area contributed by atoms with Gasteiger partial charge in [0.25, 0.3) is 5.56 Å². The zero-order chi connectivity index (χ0) is 20.9. The third kappa shape index (κ3) is 4.07. The molecule has 1 fully saturated rings. The molecule has 1 saturated carbocycles. The third-order valence-electron chi connectivity index (χ3n) is 5.23. The number of amidine groups is 1. The number of anilines is 1. The Kier molecular flexibility index (Phi) is 5.57. The molecule has 4 rings (SSSR count). The lowest BCUT2D eigenvalue weighted by atomic mass is 9.85. The van der Waals surface area contributed by atoms with Crippen molar-refractivity contribution >= 4 is 17.2 Å². The van der Waals surface area contributed by atoms with Crippen LogP contribution in [0.1, 0.15) is 31.2 Å². The van der Waals surface area contributed by atoms with Gasteiger partial charge in [-0.15, -0.1) is 0 Å². The largest absolute Gasteiger partial charge is 0.383 e. The zero-order valence-electron chi connectivity index (χ0n) is 16.2. The molecule has 1 unspecified atom stereocenters. The summed E-state index contributed by atoms with van der Waals surface area (Å²) in [5.74, 6) is 0.474. The van der Waals surface area contributed by atoms with E-state index in [9.17, 15) is 10.1 Å². The standard InChI is InChI=1S/C21H21N7O2/c22-11-14-3-1-2-4-16(14)27-17-9-10-24-21(29)18(17)19(23)26-15-7-5-13(6-8-15)20-25-12-30-28-20/h5-10,12,14,16H,1-4H2,(H2,23,26)(H2,24,27,29)/t14?,16-/m0/s1. The molecule has 0 aliphatic heterocycles. The van der Waals surface area contributed by atoms with Gasteiger partial charge in [-0.1, -0.05) is 18.0 Å². The quantitative estimate of drug-likeness (QED) is 0.438. The number of hydrogen-bond donors (Lipinski definition) is 3. The maximum Gasteiger partial charge on any atom is 0.261 e. The lowest BCUT2D eigenvalue weighted by molar-refractivity contribution is 0.388. The first kappa shape index (κ1) is 19.4. The van der Waals surface area contributed by atoms with Crippen molar-refractivity contribution in [3.05, 3.63) is 58.8 Å². The summed E-state index contributed by atoms with van der Waals surface area (Å²) in [5, 5.41) is 16.6. The van der Waals surface area contributed by atoms with E-state index in [0.717, 1.165) is 31.2 Å². The van der Waals surface area contributed by atoms with Crippen LogP contribution in [0.4, 0.5) is 11.4 Å². The Bertz CT molecular complexity index is 1130. The van der Waals surface area contributed by atoms with Crippen molar-refractivity contribution in [2.45, 2.75) is 31.7 Å². The maximum atomic E-state index is 12.5. The molecule has 152 valence electrons. The van der Waals surface area contributed by atoms with E-state index >= 15 is 0 Å². The van der Waals surface area contributed by atoms with Gasteiger partial charge in [0.05, 0.1) is 23.4 Å². The minimum Gasteiger partial charge on any atom is -0.383 e. The van der Waals surface area contributed by atoms with Gasteiger partial charge in [0.2, 0.25) is 12.2 Å². The molecule has 3 aromatic rings. The number of H-pyrrole nitrogens is 1. The monoisotopic (exact) mass is 403 g/mol. The van der Waals surface area contributed by atoms with Gasteiger partial charge in [-0.25, -0.2) is 4.99 Å². The highest BCUT2D eigenvalue weighted by atomic mass is 16.5. The topological polar surface area (TPSA) is 146 Å². The van der Waals surface area contributed by atoms with E-state index < -0.39 is 0 Å². The summed E-state index contributed by atoms with van der Waals surface area (Å²) < 4.78 is 4.75. The van der Waals surface area contributed by atoms with E-state index in [1.54, 1.807) is 36.5 Å². The molecule has 1 aliphatic carbocycles. The molecule has 0 saturated heterocycles. The third-order valence-corrected chi connectivity index (χ3v) is 5.23. The Morgan fingerprint density at radius 3 is 2.80 bits per heavy atom. The van der Waals surface area contributed by atoms with Crippen molar-refractivity contribution in [3.63, 3.8) is 0 Å². The molecular formula is C21H21N7O2. The highest BCUT2D eigenvalue weighted by Crippen LogP contribution is 2.27. The second kappa shape index (κ2) is 8.61. The normalized spacial score (nSPS) is 19.2. The highest BCUT2D eigenvalue weighted by molar-refractivity contribution is 6.03. The molecule has 0 radical (unpaired) electrons. The number of pyridine rings is 1. The Morgan fingerprint density at radius 2 is 2.07 bits per heavy atom. The molecule has 0 spiro atoms. The fourth-order valence-corrected chi connectivity index (χ4v) is 3.69. The zero-order valence-corrected chi connectivity index (χ0v) is 16.2. The van der Waals surface area contributed by atoms with Crippen LogP contribution in [0.3, 0.4) is 0 Å². The Balaban J connectivity index is 1.61. The summed E-state index contributed by atoms with van der Waals surface area (Å²) in [6.07, 6.45) is 6.64. The minimum absolute atomic E-state index is 0.0219. The SMILES string of the molecule is N#CC1CCCC[C@@H]1Nc1cc[nH]c(=O)c1C(N)=Nc1ccc(-c2ncon2)cc1. The summed E-state index contributed by atoms with van der Waals surface area (Å²) in [5.41, 5.74) is 8.09. The van der Waals surface area contributed by atoms with Gasteiger partial charge >= 0.3 is 0 Å². The number of nitrogens with zero attached hydrogens (tertiary/aromatic N) is 4. The highest BCUT2D eigenvalue weighted by Gasteiger charge is 2.26. The number of nitriles is 1. The van der Waals surface area contributed by atoms with E-state index in [0.29, 0.717) is 17.2 Å². The Hall–Kier alpha value is -3.93. The number of aliphatic imine (C=N–C) groups is 1. The first-order valence-corrected chi connectivity index (χ1v) is 9.75. The molecule has 30 heavy (non-hydrogen) atoms. The van der Waals surface area contributed by atoms with E-state index in [4.69, 9.17) is 10.3 Å². The van der Waals surface area contributed by atoms with Gasteiger partial charge < -0.3 is 20.6 Å². The number of aromatic amines is 1. The van der Waals surface area contributed by atoms with Gasteiger partial charge in [0.15, 0.2) is 0 Å². The predicted molar refractivity (Wildman–Crippen MR) is 112 cm³/mol. The van der Waals surface area contributed by atoms with Crippen LogP contribution in [0.25, 0.3) is 11.4 Å². The summed E-state index contributed by atoms with van der Waals surface area (Å²) in [6, 6.07) is 11.2. The number of benzene rings is 1. The van der Waals surface area contributed by atoms with Crippen LogP contribution in [0.5, 0.6) is 0 Å². The predicted octanol–water partition coefficient (Wildman–Crippen LogP) is 2.96. The second-order valence-electron chi connectivity index (χ2n) is 7.17. The molecule has 0 bridgehead atoms. The van der Waals surface area contributed by atoms with Gasteiger partial charge in [-0.3, -0.25) is 4.79 Å². The number of rotatable bonds is 5. The molecule has 2 heterocycles. The van der Waals surface area contributed by atoms with E-state index in [2.05, 4.69) is 31.5 Å². The fraction of sp³-hybridized carbons (Fsp3) is 0.286. The smallest absolute Gasteiger partial charge is 0.261 e. The van der Waals surface area contributed by atoms with Crippen molar-refractivity contribution in [3.8, 4) is 17.5 Å². The molecule has 2 aromatic heterocycles. The Morgan fingerprint density at radius 1 is 1.27 bits per heavy atom. The second-order valence-corrected chi connectivity index (χ2v) is 7.17. The summed E-state index contributed by atoms with van der Waals surface area (Å²) in [7, 11) is 0. The van der Waals surface area contributed by atoms with Crippen LogP contribution in [-0.4, -0.2) is 27.0 Å². The lowest BCUT2D eigenvalue weighted by Gasteiger charge is -2.29. The minimum atomic E-state index is -0.339. The van der Waals surface area contributed by atoms with Crippen molar-refractivity contribution < 1.29 is 4.52 Å². The van der Waals surface area contributed by atoms with Crippen molar-refractivity contribution in [2.24, 2.45) is 16.6 Å². The van der Waals surface area contributed by atoms with Gasteiger partial charge in [-0.2, -0.15) is 10.2 Å². The molecule has 1 aliphatic rings. The van der Waals surface area contributed by atoms with E-state index in [1.807, 2.05) is 0 Å². The molecule has 2 atom stereocenters. The molecule has 0 amide bonds.